The molecule has 2 N–H and O–H groups in total. The lowest BCUT2D eigenvalue weighted by atomic mass is 9.75. The molecular formula is C18H21N3O6. The second-order valence-electron chi connectivity index (χ2n) is 7.58. The number of hydrogen-bond donors (Lipinski definition) is 2. The average Bonchev–Trinajstić information content (AvgIpc) is 3.05. The number of nitro groups is 1. The van der Waals surface area contributed by atoms with E-state index < -0.39 is 46.1 Å². The van der Waals surface area contributed by atoms with Crippen LogP contribution in [0, 0.1) is 27.9 Å². The predicted molar refractivity (Wildman–Crippen MR) is 93.6 cm³/mol. The Hall–Kier alpha value is -2.81. The number of rotatable bonds is 5. The third-order valence-corrected chi connectivity index (χ3v) is 5.45. The molecule has 0 aliphatic carbocycles. The first-order valence-electron chi connectivity index (χ1n) is 8.67. The summed E-state index contributed by atoms with van der Waals surface area (Å²) < 4.78 is 0. The maximum atomic E-state index is 12.7. The van der Waals surface area contributed by atoms with E-state index in [1.807, 2.05) is 13.8 Å². The Kier molecular flexibility index (Phi) is 4.51. The van der Waals surface area contributed by atoms with E-state index in [0.29, 0.717) is 5.56 Å². The van der Waals surface area contributed by atoms with Gasteiger partial charge in [0.1, 0.15) is 5.54 Å². The van der Waals surface area contributed by atoms with Crippen molar-refractivity contribution < 1.29 is 24.4 Å². The maximum absolute atomic E-state index is 12.7. The van der Waals surface area contributed by atoms with Gasteiger partial charge in [0.2, 0.25) is 11.8 Å². The van der Waals surface area contributed by atoms with Gasteiger partial charge in [-0.25, -0.2) is 0 Å². The first kappa shape index (κ1) is 19.0. The van der Waals surface area contributed by atoms with Crippen molar-refractivity contribution in [3.8, 4) is 0 Å². The molecular weight excluding hydrogens is 354 g/mol. The zero-order valence-corrected chi connectivity index (χ0v) is 15.2. The van der Waals surface area contributed by atoms with Crippen LogP contribution in [0.4, 0.5) is 5.69 Å². The quantitative estimate of drug-likeness (QED) is 0.451. The molecule has 0 spiro atoms. The minimum atomic E-state index is -1.57. The number of nitrogens with zero attached hydrogens (tertiary/aromatic N) is 2. The highest BCUT2D eigenvalue weighted by molar-refractivity contribution is 6.09. The molecule has 0 radical (unpaired) electrons. The summed E-state index contributed by atoms with van der Waals surface area (Å²) in [4.78, 5) is 49.0. The molecule has 0 aromatic heterocycles. The maximum Gasteiger partial charge on any atom is 0.324 e. The Morgan fingerprint density at radius 3 is 2.37 bits per heavy atom. The van der Waals surface area contributed by atoms with Gasteiger partial charge in [-0.15, -0.1) is 0 Å². The van der Waals surface area contributed by atoms with Crippen LogP contribution in [-0.4, -0.2) is 45.3 Å². The Bertz CT molecular complexity index is 821. The van der Waals surface area contributed by atoms with Gasteiger partial charge in [0.25, 0.3) is 5.69 Å². The number of likely N-dealkylation sites (tertiary alicyclic amines) is 1. The van der Waals surface area contributed by atoms with Crippen LogP contribution in [0.1, 0.15) is 31.9 Å². The number of imide groups is 1. The van der Waals surface area contributed by atoms with E-state index in [0.717, 1.165) is 4.90 Å². The van der Waals surface area contributed by atoms with Crippen LogP contribution >= 0.6 is 0 Å². The fraction of sp³-hybridized carbons (Fsp3) is 0.500. The standard InChI is InChI=1S/C18H21N3O6/c1-9(2)8-18(17(24)25)13-12(15(22)20(3)16(13)23)14(19-18)10-4-6-11(7-5-10)21(26)27/h4-7,9,12-14,19H,8H2,1-3H3,(H,24,25)/t12-,13-,14-,18-/m0/s1. The van der Waals surface area contributed by atoms with Crippen molar-refractivity contribution in [2.24, 2.45) is 17.8 Å². The summed E-state index contributed by atoms with van der Waals surface area (Å²) in [5.74, 6) is -4.03. The van der Waals surface area contributed by atoms with E-state index in [9.17, 15) is 29.6 Å². The van der Waals surface area contributed by atoms with Gasteiger partial charge in [-0.3, -0.25) is 34.7 Å². The molecule has 144 valence electrons. The third kappa shape index (κ3) is 2.78. The number of non-ortho nitro benzene ring substituents is 1. The lowest BCUT2D eigenvalue weighted by Gasteiger charge is -2.32. The summed E-state index contributed by atoms with van der Waals surface area (Å²) in [6.07, 6.45) is 0.180. The molecule has 0 saturated carbocycles. The first-order chi connectivity index (χ1) is 12.6. The normalized spacial score (nSPS) is 30.1. The Morgan fingerprint density at radius 2 is 1.89 bits per heavy atom. The number of carboxylic acid groups (broad SMARTS) is 1. The van der Waals surface area contributed by atoms with Crippen LogP contribution < -0.4 is 5.32 Å². The summed E-state index contributed by atoms with van der Waals surface area (Å²) in [5.41, 5.74) is -1.13. The van der Waals surface area contributed by atoms with Gasteiger partial charge < -0.3 is 5.11 Å². The minimum absolute atomic E-state index is 0.0290. The molecule has 2 fully saturated rings. The van der Waals surface area contributed by atoms with Gasteiger partial charge in [0, 0.05) is 25.2 Å². The van der Waals surface area contributed by atoms with Crippen molar-refractivity contribution >= 4 is 23.5 Å². The van der Waals surface area contributed by atoms with E-state index in [1.54, 1.807) is 0 Å². The highest BCUT2D eigenvalue weighted by Crippen LogP contribution is 2.50. The summed E-state index contributed by atoms with van der Waals surface area (Å²) in [5, 5.41) is 23.9. The zero-order chi connectivity index (χ0) is 20.1. The molecule has 27 heavy (non-hydrogen) atoms. The van der Waals surface area contributed by atoms with Crippen molar-refractivity contribution in [3.05, 3.63) is 39.9 Å². The molecule has 0 bridgehead atoms. The highest BCUT2D eigenvalue weighted by Gasteiger charge is 2.67. The Morgan fingerprint density at radius 1 is 1.30 bits per heavy atom. The molecule has 2 aliphatic rings. The van der Waals surface area contributed by atoms with E-state index in [1.165, 1.54) is 31.3 Å². The molecule has 2 heterocycles. The molecule has 2 aliphatic heterocycles. The number of aliphatic carboxylic acids is 1. The van der Waals surface area contributed by atoms with Crippen LogP contribution in [-0.2, 0) is 14.4 Å². The fourth-order valence-electron chi connectivity index (χ4n) is 4.35. The molecule has 3 rings (SSSR count). The molecule has 1 aromatic carbocycles. The van der Waals surface area contributed by atoms with Crippen molar-refractivity contribution in [2.45, 2.75) is 31.8 Å². The van der Waals surface area contributed by atoms with Gasteiger partial charge in [-0.05, 0) is 17.9 Å². The van der Waals surface area contributed by atoms with E-state index in [4.69, 9.17) is 0 Å². The monoisotopic (exact) mass is 375 g/mol. The number of nitro benzene ring substituents is 1. The summed E-state index contributed by atoms with van der Waals surface area (Å²) in [6.45, 7) is 3.71. The Balaban J connectivity index is 2.10. The van der Waals surface area contributed by atoms with Gasteiger partial charge in [0.15, 0.2) is 0 Å². The van der Waals surface area contributed by atoms with Crippen LogP contribution in [0.3, 0.4) is 0 Å². The summed E-state index contributed by atoms with van der Waals surface area (Å²) in [7, 11) is 1.36. The molecule has 0 unspecified atom stereocenters. The Labute approximate surface area is 155 Å². The van der Waals surface area contributed by atoms with Crippen LogP contribution in [0.2, 0.25) is 0 Å². The lowest BCUT2D eigenvalue weighted by molar-refractivity contribution is -0.384. The van der Waals surface area contributed by atoms with Crippen LogP contribution in [0.5, 0.6) is 0 Å². The van der Waals surface area contributed by atoms with Crippen LogP contribution in [0.25, 0.3) is 0 Å². The van der Waals surface area contributed by atoms with Gasteiger partial charge >= 0.3 is 5.97 Å². The highest BCUT2D eigenvalue weighted by atomic mass is 16.6. The van der Waals surface area contributed by atoms with Gasteiger partial charge in [0.05, 0.1) is 16.8 Å². The van der Waals surface area contributed by atoms with Crippen molar-refractivity contribution in [1.29, 1.82) is 0 Å². The molecule has 9 heteroatoms. The van der Waals surface area contributed by atoms with Gasteiger partial charge in [-0.1, -0.05) is 26.0 Å². The number of carbonyl (C=O) groups is 3. The third-order valence-electron chi connectivity index (χ3n) is 5.45. The first-order valence-corrected chi connectivity index (χ1v) is 8.67. The summed E-state index contributed by atoms with van der Waals surface area (Å²) in [6, 6.07) is 4.89. The number of hydrogen-bond acceptors (Lipinski definition) is 6. The molecule has 1 aromatic rings. The largest absolute Gasteiger partial charge is 0.480 e. The SMILES string of the molecule is CC(C)C[C@]1(C(=O)O)N[C@@H](c2ccc([N+](=O)[O-])cc2)[C@H]2C(=O)N(C)C(=O)[C@H]21. The van der Waals surface area contributed by atoms with Gasteiger partial charge in [-0.2, -0.15) is 0 Å². The number of fused-ring (bicyclic) bond motifs is 1. The number of nitrogens with one attached hydrogen (secondary N) is 1. The second-order valence-corrected chi connectivity index (χ2v) is 7.58. The number of benzene rings is 1. The predicted octanol–water partition coefficient (Wildman–Crippen LogP) is 1.34. The molecule has 4 atom stereocenters. The minimum Gasteiger partial charge on any atom is -0.480 e. The van der Waals surface area contributed by atoms with E-state index in [-0.39, 0.29) is 18.0 Å². The van der Waals surface area contributed by atoms with Crippen molar-refractivity contribution in [1.82, 2.24) is 10.2 Å². The average molecular weight is 375 g/mol. The van der Waals surface area contributed by atoms with Crippen molar-refractivity contribution in [3.63, 3.8) is 0 Å². The molecule has 9 nitrogen and oxygen atoms in total. The van der Waals surface area contributed by atoms with Crippen molar-refractivity contribution in [2.75, 3.05) is 7.05 Å². The fourth-order valence-corrected chi connectivity index (χ4v) is 4.35. The summed E-state index contributed by atoms with van der Waals surface area (Å²) >= 11 is 0. The molecule has 2 amide bonds. The lowest BCUT2D eigenvalue weighted by Crippen LogP contribution is -2.56. The second kappa shape index (κ2) is 6.41. The zero-order valence-electron chi connectivity index (χ0n) is 15.2. The molecule has 2 saturated heterocycles. The van der Waals surface area contributed by atoms with E-state index in [2.05, 4.69) is 5.32 Å². The smallest absolute Gasteiger partial charge is 0.324 e. The number of carboxylic acids is 1. The van der Waals surface area contributed by atoms with Crippen LogP contribution in [0.15, 0.2) is 24.3 Å². The number of carbonyl (C=O) groups excluding carboxylic acids is 2. The number of amides is 2. The van der Waals surface area contributed by atoms with E-state index >= 15 is 0 Å². The topological polar surface area (TPSA) is 130 Å².